The predicted molar refractivity (Wildman–Crippen MR) is 131 cm³/mol. The molecule has 1 atom stereocenters. The van der Waals surface area contributed by atoms with Crippen LogP contribution in [0.15, 0.2) is 64.2 Å². The molecule has 0 aliphatic carbocycles. The molecule has 1 aliphatic heterocycles. The van der Waals surface area contributed by atoms with Crippen molar-refractivity contribution in [1.29, 1.82) is 0 Å². The Bertz CT molecular complexity index is 1260. The molecule has 9 heteroatoms. The summed E-state index contributed by atoms with van der Waals surface area (Å²) in [5.41, 5.74) is 1.92. The highest BCUT2D eigenvalue weighted by Gasteiger charge is 2.24. The number of hydrogen-bond donors (Lipinski definition) is 1. The van der Waals surface area contributed by atoms with E-state index in [2.05, 4.69) is 37.8 Å². The lowest BCUT2D eigenvalue weighted by Gasteiger charge is -2.19. The van der Waals surface area contributed by atoms with Crippen molar-refractivity contribution in [2.75, 3.05) is 39.6 Å². The van der Waals surface area contributed by atoms with E-state index in [1.54, 1.807) is 44.4 Å². The minimum atomic E-state index is -3.77. The highest BCUT2D eigenvalue weighted by atomic mass is 32.2. The van der Waals surface area contributed by atoms with Crippen molar-refractivity contribution in [3.8, 4) is 5.75 Å². The zero-order valence-electron chi connectivity index (χ0n) is 19.1. The fraction of sp³-hybridized carbons (Fsp3) is 0.333. The number of aromatic nitrogens is 1. The van der Waals surface area contributed by atoms with Gasteiger partial charge >= 0.3 is 0 Å². The maximum Gasteiger partial charge on any atom is 0.283 e. The van der Waals surface area contributed by atoms with Gasteiger partial charge in [0.25, 0.3) is 10.0 Å². The molecule has 8 nitrogen and oxygen atoms in total. The summed E-state index contributed by atoms with van der Waals surface area (Å²) in [6.07, 6.45) is 5.96. The molecule has 0 radical (unpaired) electrons. The Kier molecular flexibility index (Phi) is 6.80. The first kappa shape index (κ1) is 23.0. The van der Waals surface area contributed by atoms with E-state index in [-0.39, 0.29) is 4.90 Å². The summed E-state index contributed by atoms with van der Waals surface area (Å²) in [5.74, 6) is 0.671. The molecular weight excluding hydrogens is 438 g/mol. The van der Waals surface area contributed by atoms with Crippen LogP contribution in [0.2, 0.25) is 0 Å². The highest BCUT2D eigenvalue weighted by molar-refractivity contribution is 7.90. The van der Waals surface area contributed by atoms with Crippen LogP contribution >= 0.6 is 0 Å². The minimum absolute atomic E-state index is 0.163. The summed E-state index contributed by atoms with van der Waals surface area (Å²) in [6, 6.07) is 13.5. The number of pyridine rings is 1. The van der Waals surface area contributed by atoms with Crippen molar-refractivity contribution < 1.29 is 13.2 Å². The molecule has 33 heavy (non-hydrogen) atoms. The topological polar surface area (TPSA) is 87.1 Å². The number of likely N-dealkylation sites (tertiary alicyclic amines) is 1. The monoisotopic (exact) mass is 467 g/mol. The molecule has 174 valence electrons. The fourth-order valence-electron chi connectivity index (χ4n) is 4.00. The van der Waals surface area contributed by atoms with E-state index in [4.69, 9.17) is 4.74 Å². The Labute approximate surface area is 195 Å². The highest BCUT2D eigenvalue weighted by Crippen LogP contribution is 2.27. The number of fused-ring (bicyclic) bond motifs is 1. The van der Waals surface area contributed by atoms with E-state index in [0.717, 1.165) is 41.5 Å². The number of rotatable bonds is 8. The normalized spacial score (nSPS) is 17.0. The van der Waals surface area contributed by atoms with Crippen molar-refractivity contribution in [3.05, 3.63) is 60.4 Å². The second-order valence-electron chi connectivity index (χ2n) is 8.44. The predicted octanol–water partition coefficient (Wildman–Crippen LogP) is 3.21. The molecule has 1 aromatic heterocycles. The summed E-state index contributed by atoms with van der Waals surface area (Å²) in [4.78, 5) is 8.22. The Morgan fingerprint density at radius 2 is 2.06 bits per heavy atom. The van der Waals surface area contributed by atoms with Crippen LogP contribution in [-0.2, 0) is 16.6 Å². The van der Waals surface area contributed by atoms with E-state index in [0.29, 0.717) is 18.3 Å². The largest absolute Gasteiger partial charge is 0.496 e. The molecular formula is C24H29N5O3S. The quantitative estimate of drug-likeness (QED) is 0.402. The second-order valence-corrected chi connectivity index (χ2v) is 10.1. The van der Waals surface area contributed by atoms with Gasteiger partial charge in [0.1, 0.15) is 12.1 Å². The maximum atomic E-state index is 12.6. The van der Waals surface area contributed by atoms with Crippen LogP contribution in [0.4, 0.5) is 5.69 Å². The van der Waals surface area contributed by atoms with Gasteiger partial charge in [-0.3, -0.25) is 9.88 Å². The van der Waals surface area contributed by atoms with Gasteiger partial charge in [-0.15, -0.1) is 4.40 Å². The Morgan fingerprint density at radius 3 is 2.85 bits per heavy atom. The number of nitrogens with one attached hydrogen (secondary N) is 1. The minimum Gasteiger partial charge on any atom is -0.496 e. The zero-order valence-corrected chi connectivity index (χ0v) is 19.9. The van der Waals surface area contributed by atoms with Crippen molar-refractivity contribution in [2.24, 2.45) is 4.40 Å². The van der Waals surface area contributed by atoms with Gasteiger partial charge in [0.15, 0.2) is 0 Å². The van der Waals surface area contributed by atoms with Crippen molar-refractivity contribution >= 4 is 32.8 Å². The number of benzene rings is 2. The standard InChI is InChI=1S/C24H29N5O3S/c1-28(2)17-26-33(30,31)23-6-7-24(32-3)20(13-23)15-29-11-9-22(16-29)27-21-5-4-19-14-25-10-8-18(19)12-21/h4-8,10,12-14,17,22,27H,9,11,15-16H2,1-3H3/b26-17+/t22-/m1/s1. The van der Waals surface area contributed by atoms with Crippen molar-refractivity contribution in [1.82, 2.24) is 14.8 Å². The molecule has 3 aromatic rings. The SMILES string of the molecule is COc1ccc(S(=O)(=O)/N=C/N(C)C)cc1CN1CC[C@@H](Nc2ccc3cnccc3c2)C1. The molecule has 4 rings (SSSR count). The van der Waals surface area contributed by atoms with Gasteiger partial charge < -0.3 is 15.0 Å². The number of nitrogens with zero attached hydrogens (tertiary/aromatic N) is 4. The van der Waals surface area contributed by atoms with Gasteiger partial charge in [-0.2, -0.15) is 8.42 Å². The fourth-order valence-corrected chi connectivity index (χ4v) is 4.97. The first-order chi connectivity index (χ1) is 15.8. The third-order valence-electron chi connectivity index (χ3n) is 5.64. The van der Waals surface area contributed by atoms with Gasteiger partial charge in [0.2, 0.25) is 0 Å². The molecule has 1 aliphatic rings. The van der Waals surface area contributed by atoms with Crippen molar-refractivity contribution in [2.45, 2.75) is 23.9 Å². The Balaban J connectivity index is 1.45. The molecule has 0 bridgehead atoms. The molecule has 1 saturated heterocycles. The van der Waals surface area contributed by atoms with Gasteiger partial charge in [0, 0.05) is 68.8 Å². The molecule has 1 N–H and O–H groups in total. The molecule has 0 spiro atoms. The molecule has 2 aromatic carbocycles. The van der Waals surface area contributed by atoms with Crippen LogP contribution < -0.4 is 10.1 Å². The molecule has 0 saturated carbocycles. The third kappa shape index (κ3) is 5.61. The number of hydrogen-bond acceptors (Lipinski definition) is 6. The van der Waals surface area contributed by atoms with Gasteiger partial charge in [-0.05, 0) is 48.2 Å². The van der Waals surface area contributed by atoms with Crippen molar-refractivity contribution in [3.63, 3.8) is 0 Å². The summed E-state index contributed by atoms with van der Waals surface area (Å²) in [7, 11) is 1.28. The zero-order chi connectivity index (χ0) is 23.4. The first-order valence-electron chi connectivity index (χ1n) is 10.8. The van der Waals surface area contributed by atoms with Gasteiger partial charge in [-0.25, -0.2) is 0 Å². The van der Waals surface area contributed by atoms with Gasteiger partial charge in [-0.1, -0.05) is 6.07 Å². The second kappa shape index (κ2) is 9.76. The summed E-state index contributed by atoms with van der Waals surface area (Å²) < 4.78 is 34.4. The first-order valence-corrected chi connectivity index (χ1v) is 12.2. The third-order valence-corrected chi connectivity index (χ3v) is 6.87. The summed E-state index contributed by atoms with van der Waals surface area (Å²) in [6.45, 7) is 2.37. The lowest BCUT2D eigenvalue weighted by molar-refractivity contribution is 0.318. The lowest BCUT2D eigenvalue weighted by atomic mass is 10.1. The molecule has 2 heterocycles. The van der Waals surface area contributed by atoms with E-state index in [9.17, 15) is 8.42 Å². The Morgan fingerprint density at radius 1 is 1.21 bits per heavy atom. The number of ether oxygens (including phenoxy) is 1. The maximum absolute atomic E-state index is 12.6. The van der Waals surface area contributed by atoms with Crippen LogP contribution in [0.25, 0.3) is 10.8 Å². The van der Waals surface area contributed by atoms with E-state index in [1.165, 1.54) is 12.4 Å². The summed E-state index contributed by atoms with van der Waals surface area (Å²) in [5, 5.41) is 5.90. The number of sulfonamides is 1. The van der Waals surface area contributed by atoms with Crippen LogP contribution in [0.3, 0.4) is 0 Å². The smallest absolute Gasteiger partial charge is 0.283 e. The van der Waals surface area contributed by atoms with E-state index < -0.39 is 10.0 Å². The number of methoxy groups -OCH3 is 1. The summed E-state index contributed by atoms with van der Waals surface area (Å²) >= 11 is 0. The van der Waals surface area contributed by atoms with Crippen LogP contribution in [-0.4, -0.2) is 69.9 Å². The number of anilines is 1. The van der Waals surface area contributed by atoms with Crippen LogP contribution in [0, 0.1) is 0 Å². The average molecular weight is 468 g/mol. The lowest BCUT2D eigenvalue weighted by Crippen LogP contribution is -2.26. The molecule has 0 unspecified atom stereocenters. The Hall–Kier alpha value is -3.17. The van der Waals surface area contributed by atoms with Crippen LogP contribution in [0.1, 0.15) is 12.0 Å². The molecule has 0 amide bonds. The van der Waals surface area contributed by atoms with E-state index >= 15 is 0 Å². The average Bonchev–Trinajstić information content (AvgIpc) is 3.24. The molecule has 1 fully saturated rings. The van der Waals surface area contributed by atoms with E-state index in [1.807, 2.05) is 12.3 Å². The van der Waals surface area contributed by atoms with Gasteiger partial charge in [0.05, 0.1) is 12.0 Å². The van der Waals surface area contributed by atoms with Crippen LogP contribution in [0.5, 0.6) is 5.75 Å².